The first-order valence-electron chi connectivity index (χ1n) is 6.49. The molecule has 0 aromatic carbocycles. The fourth-order valence-electron chi connectivity index (χ4n) is 2.03. The lowest BCUT2D eigenvalue weighted by Crippen LogP contribution is -2.48. The van der Waals surface area contributed by atoms with E-state index in [9.17, 15) is 18.4 Å². The van der Waals surface area contributed by atoms with E-state index in [1.54, 1.807) is 19.0 Å². The summed E-state index contributed by atoms with van der Waals surface area (Å²) in [5.74, 6) is -4.11. The van der Waals surface area contributed by atoms with Gasteiger partial charge in [0.25, 0.3) is 5.92 Å². The number of hydrogen-bond acceptors (Lipinski definition) is 3. The SMILES string of the molecule is CN(C)C(=O)N1CCC(C(=O)NCC(F)(F)CO)CC1. The Hall–Kier alpha value is -1.44. The highest BCUT2D eigenvalue weighted by atomic mass is 19.3. The minimum absolute atomic E-state index is 0.115. The molecular formula is C12H21F2N3O3. The number of nitrogens with zero attached hydrogens (tertiary/aromatic N) is 2. The number of amides is 3. The molecule has 1 saturated heterocycles. The molecule has 1 heterocycles. The van der Waals surface area contributed by atoms with Crippen LogP contribution in [0.2, 0.25) is 0 Å². The lowest BCUT2D eigenvalue weighted by atomic mass is 9.96. The third-order valence-corrected chi connectivity index (χ3v) is 3.27. The van der Waals surface area contributed by atoms with E-state index in [4.69, 9.17) is 5.11 Å². The van der Waals surface area contributed by atoms with Crippen LogP contribution >= 0.6 is 0 Å². The van der Waals surface area contributed by atoms with Crippen LogP contribution in [0.3, 0.4) is 0 Å². The number of rotatable bonds is 4. The number of hydrogen-bond donors (Lipinski definition) is 2. The average molecular weight is 293 g/mol. The number of aliphatic hydroxyl groups is 1. The van der Waals surface area contributed by atoms with E-state index in [0.717, 1.165) is 0 Å². The van der Waals surface area contributed by atoms with Gasteiger partial charge in [0.1, 0.15) is 6.61 Å². The summed E-state index contributed by atoms with van der Waals surface area (Å²) in [6.07, 6.45) is 0.909. The predicted molar refractivity (Wildman–Crippen MR) is 68.4 cm³/mol. The van der Waals surface area contributed by atoms with Crippen molar-refractivity contribution in [3.63, 3.8) is 0 Å². The van der Waals surface area contributed by atoms with E-state index in [-0.39, 0.29) is 11.9 Å². The van der Waals surface area contributed by atoms with Gasteiger partial charge in [0, 0.05) is 33.1 Å². The topological polar surface area (TPSA) is 72.9 Å². The molecule has 1 rings (SSSR count). The number of likely N-dealkylation sites (tertiary alicyclic amines) is 1. The van der Waals surface area contributed by atoms with E-state index in [1.807, 2.05) is 0 Å². The number of piperidine rings is 1. The van der Waals surface area contributed by atoms with E-state index < -0.39 is 25.0 Å². The number of alkyl halides is 2. The summed E-state index contributed by atoms with van der Waals surface area (Å²) >= 11 is 0. The molecule has 0 radical (unpaired) electrons. The van der Waals surface area contributed by atoms with Gasteiger partial charge in [-0.05, 0) is 12.8 Å². The third-order valence-electron chi connectivity index (χ3n) is 3.27. The zero-order chi connectivity index (χ0) is 15.3. The molecular weight excluding hydrogens is 272 g/mol. The molecule has 6 nitrogen and oxygen atoms in total. The van der Waals surface area contributed by atoms with Gasteiger partial charge >= 0.3 is 6.03 Å². The quantitative estimate of drug-likeness (QED) is 0.773. The molecule has 0 aromatic heterocycles. The van der Waals surface area contributed by atoms with Gasteiger partial charge in [-0.25, -0.2) is 13.6 Å². The summed E-state index contributed by atoms with van der Waals surface area (Å²) < 4.78 is 25.6. The van der Waals surface area contributed by atoms with E-state index in [1.165, 1.54) is 4.90 Å². The summed E-state index contributed by atoms with van der Waals surface area (Å²) in [5, 5.41) is 10.6. The Balaban J connectivity index is 2.38. The van der Waals surface area contributed by atoms with Gasteiger partial charge in [0.05, 0.1) is 6.54 Å². The summed E-state index contributed by atoms with van der Waals surface area (Å²) in [6, 6.07) is -0.115. The second kappa shape index (κ2) is 6.83. The highest BCUT2D eigenvalue weighted by Gasteiger charge is 2.32. The number of carbonyl (C=O) groups is 2. The third kappa shape index (κ3) is 4.59. The first kappa shape index (κ1) is 16.6. The van der Waals surface area contributed by atoms with Crippen LogP contribution in [0.5, 0.6) is 0 Å². The fourth-order valence-corrected chi connectivity index (χ4v) is 2.03. The van der Waals surface area contributed by atoms with Crippen LogP contribution < -0.4 is 5.32 Å². The van der Waals surface area contributed by atoms with E-state index in [2.05, 4.69) is 5.32 Å². The second-order valence-corrected chi connectivity index (χ2v) is 5.17. The Morgan fingerprint density at radius 2 is 1.90 bits per heavy atom. The normalized spacial score (nSPS) is 16.9. The van der Waals surface area contributed by atoms with Gasteiger partial charge in [-0.1, -0.05) is 0 Å². The largest absolute Gasteiger partial charge is 0.390 e. The zero-order valence-corrected chi connectivity index (χ0v) is 11.7. The first-order valence-corrected chi connectivity index (χ1v) is 6.49. The molecule has 1 aliphatic rings. The molecule has 116 valence electrons. The Morgan fingerprint density at radius 1 is 1.35 bits per heavy atom. The first-order chi connectivity index (χ1) is 9.26. The molecule has 0 unspecified atom stereocenters. The number of carbonyl (C=O) groups excluding carboxylic acids is 2. The molecule has 2 N–H and O–H groups in total. The number of aliphatic hydroxyl groups excluding tert-OH is 1. The van der Waals surface area contributed by atoms with Crippen molar-refractivity contribution in [2.75, 3.05) is 40.3 Å². The number of nitrogens with one attached hydrogen (secondary N) is 1. The smallest absolute Gasteiger partial charge is 0.319 e. The van der Waals surface area contributed by atoms with Crippen molar-refractivity contribution in [3.8, 4) is 0 Å². The van der Waals surface area contributed by atoms with Crippen molar-refractivity contribution in [2.24, 2.45) is 5.92 Å². The monoisotopic (exact) mass is 293 g/mol. The lowest BCUT2D eigenvalue weighted by Gasteiger charge is -2.33. The second-order valence-electron chi connectivity index (χ2n) is 5.17. The maximum absolute atomic E-state index is 12.8. The van der Waals surface area contributed by atoms with Crippen molar-refractivity contribution in [1.29, 1.82) is 0 Å². The molecule has 8 heteroatoms. The highest BCUT2D eigenvalue weighted by molar-refractivity contribution is 5.79. The Bertz CT molecular complexity index is 356. The average Bonchev–Trinajstić information content (AvgIpc) is 2.44. The molecule has 0 atom stereocenters. The van der Waals surface area contributed by atoms with Crippen molar-refractivity contribution in [2.45, 2.75) is 18.8 Å². The van der Waals surface area contributed by atoms with Crippen molar-refractivity contribution in [3.05, 3.63) is 0 Å². The Labute approximate surface area is 116 Å². The van der Waals surface area contributed by atoms with Crippen LogP contribution in [-0.2, 0) is 4.79 Å². The fraction of sp³-hybridized carbons (Fsp3) is 0.833. The van der Waals surface area contributed by atoms with Gasteiger partial charge in [-0.3, -0.25) is 4.79 Å². The Kier molecular flexibility index (Phi) is 5.67. The van der Waals surface area contributed by atoms with Gasteiger partial charge in [-0.2, -0.15) is 0 Å². The number of halogens is 2. The van der Waals surface area contributed by atoms with E-state index in [0.29, 0.717) is 25.9 Å². The van der Waals surface area contributed by atoms with Crippen LogP contribution in [0.1, 0.15) is 12.8 Å². The van der Waals surface area contributed by atoms with Crippen LogP contribution in [0.25, 0.3) is 0 Å². The van der Waals surface area contributed by atoms with Crippen molar-refractivity contribution in [1.82, 2.24) is 15.1 Å². The molecule has 0 aromatic rings. The van der Waals surface area contributed by atoms with Crippen LogP contribution in [0.15, 0.2) is 0 Å². The zero-order valence-electron chi connectivity index (χ0n) is 11.7. The number of urea groups is 1. The standard InChI is InChI=1S/C12H21F2N3O3/c1-16(2)11(20)17-5-3-9(4-6-17)10(19)15-7-12(13,14)8-18/h9,18H,3-8H2,1-2H3,(H,15,19). The minimum atomic E-state index is -3.29. The summed E-state index contributed by atoms with van der Waals surface area (Å²) in [7, 11) is 3.30. The van der Waals surface area contributed by atoms with Crippen molar-refractivity contribution >= 4 is 11.9 Å². The van der Waals surface area contributed by atoms with Crippen LogP contribution in [0, 0.1) is 5.92 Å². The van der Waals surface area contributed by atoms with Gasteiger partial charge in [0.15, 0.2) is 0 Å². The van der Waals surface area contributed by atoms with Crippen LogP contribution in [0.4, 0.5) is 13.6 Å². The predicted octanol–water partition coefficient (Wildman–Crippen LogP) is 0.124. The maximum Gasteiger partial charge on any atom is 0.319 e. The van der Waals surface area contributed by atoms with Gasteiger partial charge in [0.2, 0.25) is 5.91 Å². The molecule has 0 spiro atoms. The molecule has 0 saturated carbocycles. The summed E-state index contributed by atoms with van der Waals surface area (Å²) in [5.41, 5.74) is 0. The maximum atomic E-state index is 12.8. The summed E-state index contributed by atoms with van der Waals surface area (Å²) in [6.45, 7) is -1.28. The molecule has 3 amide bonds. The highest BCUT2D eigenvalue weighted by Crippen LogP contribution is 2.19. The molecule has 0 aliphatic carbocycles. The molecule has 0 bridgehead atoms. The Morgan fingerprint density at radius 3 is 2.35 bits per heavy atom. The molecule has 1 fully saturated rings. The van der Waals surface area contributed by atoms with Crippen molar-refractivity contribution < 1.29 is 23.5 Å². The van der Waals surface area contributed by atoms with Gasteiger partial charge < -0.3 is 20.2 Å². The van der Waals surface area contributed by atoms with Crippen LogP contribution in [-0.4, -0.2) is 73.1 Å². The van der Waals surface area contributed by atoms with E-state index >= 15 is 0 Å². The minimum Gasteiger partial charge on any atom is -0.390 e. The molecule has 1 aliphatic heterocycles. The lowest BCUT2D eigenvalue weighted by molar-refractivity contribution is -0.129. The summed E-state index contributed by atoms with van der Waals surface area (Å²) in [4.78, 5) is 26.5. The van der Waals surface area contributed by atoms with Gasteiger partial charge in [-0.15, -0.1) is 0 Å². The molecule has 20 heavy (non-hydrogen) atoms.